The summed E-state index contributed by atoms with van der Waals surface area (Å²) in [6.07, 6.45) is 8.71. The zero-order valence-electron chi connectivity index (χ0n) is 5.46. The van der Waals surface area contributed by atoms with Gasteiger partial charge in [0.2, 0.25) is 0 Å². The third-order valence-electron chi connectivity index (χ3n) is 1.77. The van der Waals surface area contributed by atoms with Gasteiger partial charge in [-0.2, -0.15) is 0 Å². The molecule has 0 bridgehead atoms. The monoisotopic (exact) mass is 108 g/mol. The smallest absolute Gasteiger partial charge is 0.0198 e. The number of rotatable bonds is 0. The van der Waals surface area contributed by atoms with Crippen molar-refractivity contribution in [3.05, 3.63) is 24.3 Å². The third-order valence-corrected chi connectivity index (χ3v) is 1.77. The molecule has 0 aromatic carbocycles. The van der Waals surface area contributed by atoms with Gasteiger partial charge in [0.05, 0.1) is 0 Å². The van der Waals surface area contributed by atoms with Gasteiger partial charge in [0.1, 0.15) is 0 Å². The first-order valence-electron chi connectivity index (χ1n) is 3.15. The molecule has 0 saturated heterocycles. The van der Waals surface area contributed by atoms with E-state index >= 15 is 0 Å². The van der Waals surface area contributed by atoms with Gasteiger partial charge in [-0.05, 0) is 11.8 Å². The van der Waals surface area contributed by atoms with E-state index in [9.17, 15) is 0 Å². The second kappa shape index (κ2) is 2.17. The Hall–Kier alpha value is -0.520. The Morgan fingerprint density at radius 1 is 0.875 bits per heavy atom. The van der Waals surface area contributed by atoms with Crippen LogP contribution in [0.2, 0.25) is 0 Å². The lowest BCUT2D eigenvalue weighted by Crippen LogP contribution is -2.03. The van der Waals surface area contributed by atoms with Gasteiger partial charge in [0.25, 0.3) is 0 Å². The van der Waals surface area contributed by atoms with Crippen LogP contribution in [0.5, 0.6) is 0 Å². The predicted molar refractivity (Wildman–Crippen MR) is 36.6 cm³/mol. The summed E-state index contributed by atoms with van der Waals surface area (Å²) < 4.78 is 0. The van der Waals surface area contributed by atoms with Crippen LogP contribution in [0.15, 0.2) is 24.3 Å². The zero-order valence-corrected chi connectivity index (χ0v) is 5.46. The van der Waals surface area contributed by atoms with Crippen molar-refractivity contribution < 1.29 is 0 Å². The summed E-state index contributed by atoms with van der Waals surface area (Å²) in [6.45, 7) is 4.48. The van der Waals surface area contributed by atoms with Crippen molar-refractivity contribution in [2.24, 2.45) is 11.8 Å². The maximum absolute atomic E-state index is 2.24. The zero-order chi connectivity index (χ0) is 5.98. The van der Waals surface area contributed by atoms with Crippen LogP contribution in [0.1, 0.15) is 13.8 Å². The van der Waals surface area contributed by atoms with E-state index in [1.54, 1.807) is 0 Å². The summed E-state index contributed by atoms with van der Waals surface area (Å²) in [5.41, 5.74) is 0. The van der Waals surface area contributed by atoms with Gasteiger partial charge >= 0.3 is 0 Å². The lowest BCUT2D eigenvalue weighted by atomic mass is 9.92. The van der Waals surface area contributed by atoms with Gasteiger partial charge in [-0.15, -0.1) is 0 Å². The minimum absolute atomic E-state index is 0.736. The molecule has 44 valence electrons. The Bertz CT molecular complexity index is 104. The van der Waals surface area contributed by atoms with Crippen LogP contribution in [0.4, 0.5) is 0 Å². The maximum Gasteiger partial charge on any atom is -0.0198 e. The number of allylic oxidation sites excluding steroid dienone is 4. The molecule has 0 N–H and O–H groups in total. The van der Waals surface area contributed by atoms with Gasteiger partial charge in [-0.1, -0.05) is 38.2 Å². The molecule has 0 spiro atoms. The van der Waals surface area contributed by atoms with Crippen LogP contribution in [0, 0.1) is 11.8 Å². The molecule has 1 aliphatic carbocycles. The molecule has 0 heterocycles. The molecule has 0 aromatic heterocycles. The van der Waals surface area contributed by atoms with Crippen LogP contribution in [0.3, 0.4) is 0 Å². The Morgan fingerprint density at radius 3 is 1.50 bits per heavy atom. The van der Waals surface area contributed by atoms with Gasteiger partial charge in [-0.25, -0.2) is 0 Å². The fraction of sp³-hybridized carbons (Fsp3) is 0.500. The van der Waals surface area contributed by atoms with Gasteiger partial charge < -0.3 is 0 Å². The summed E-state index contributed by atoms with van der Waals surface area (Å²) in [6, 6.07) is 0. The quantitative estimate of drug-likeness (QED) is 0.447. The normalized spacial score (nSPS) is 35.8. The molecule has 2 atom stereocenters. The van der Waals surface area contributed by atoms with Gasteiger partial charge in [0, 0.05) is 0 Å². The van der Waals surface area contributed by atoms with Crippen LogP contribution >= 0.6 is 0 Å². The summed E-state index contributed by atoms with van der Waals surface area (Å²) in [7, 11) is 0. The van der Waals surface area contributed by atoms with E-state index in [1.807, 2.05) is 0 Å². The minimum atomic E-state index is 0.736. The molecule has 0 saturated carbocycles. The maximum atomic E-state index is 2.24. The van der Waals surface area contributed by atoms with E-state index in [2.05, 4.69) is 38.2 Å². The van der Waals surface area contributed by atoms with Gasteiger partial charge in [0.15, 0.2) is 0 Å². The first kappa shape index (κ1) is 5.61. The van der Waals surface area contributed by atoms with Crippen molar-refractivity contribution in [3.8, 4) is 0 Å². The summed E-state index contributed by atoms with van der Waals surface area (Å²) in [5, 5.41) is 0. The first-order chi connectivity index (χ1) is 3.80. The van der Waals surface area contributed by atoms with Crippen molar-refractivity contribution in [3.63, 3.8) is 0 Å². The lowest BCUT2D eigenvalue weighted by Gasteiger charge is -2.13. The Balaban J connectivity index is 2.59. The molecule has 0 unspecified atom stereocenters. The second-order valence-corrected chi connectivity index (χ2v) is 2.49. The molecule has 0 amide bonds. The molecule has 0 aromatic rings. The average molecular weight is 108 g/mol. The first-order valence-corrected chi connectivity index (χ1v) is 3.15. The van der Waals surface area contributed by atoms with Crippen LogP contribution < -0.4 is 0 Å². The molecule has 8 heavy (non-hydrogen) atoms. The number of hydrogen-bond donors (Lipinski definition) is 0. The highest BCUT2D eigenvalue weighted by Gasteiger charge is 2.05. The summed E-state index contributed by atoms with van der Waals surface area (Å²) >= 11 is 0. The van der Waals surface area contributed by atoms with Crippen molar-refractivity contribution in [2.75, 3.05) is 0 Å². The topological polar surface area (TPSA) is 0 Å². The second-order valence-electron chi connectivity index (χ2n) is 2.49. The van der Waals surface area contributed by atoms with Crippen LogP contribution in [0.25, 0.3) is 0 Å². The highest BCUT2D eigenvalue weighted by Crippen LogP contribution is 2.16. The molecule has 0 radical (unpaired) electrons. The van der Waals surface area contributed by atoms with Crippen LogP contribution in [-0.4, -0.2) is 0 Å². The largest absolute Gasteiger partial charge is 0.0811 e. The highest BCUT2D eigenvalue weighted by molar-refractivity contribution is 5.12. The molecular weight excluding hydrogens is 96.1 g/mol. The minimum Gasteiger partial charge on any atom is -0.0811 e. The fourth-order valence-electron chi connectivity index (χ4n) is 0.829. The summed E-state index contributed by atoms with van der Waals surface area (Å²) in [4.78, 5) is 0. The predicted octanol–water partition coefficient (Wildman–Crippen LogP) is 2.38. The van der Waals surface area contributed by atoms with E-state index in [-0.39, 0.29) is 0 Å². The number of hydrogen-bond acceptors (Lipinski definition) is 0. The van der Waals surface area contributed by atoms with Crippen LogP contribution in [-0.2, 0) is 0 Å². The lowest BCUT2D eigenvalue weighted by molar-refractivity contribution is 0.552. The van der Waals surface area contributed by atoms with Crippen molar-refractivity contribution in [2.45, 2.75) is 13.8 Å². The fourth-order valence-corrected chi connectivity index (χ4v) is 0.829. The van der Waals surface area contributed by atoms with E-state index in [0.717, 1.165) is 11.8 Å². The Kier molecular flexibility index (Phi) is 1.52. The SMILES string of the molecule is C[C@H]1C=CC=C[C@@H]1C. The van der Waals surface area contributed by atoms with E-state index in [1.165, 1.54) is 0 Å². The third kappa shape index (κ3) is 1.00. The summed E-state index contributed by atoms with van der Waals surface area (Å²) in [5.74, 6) is 1.47. The molecule has 0 nitrogen and oxygen atoms in total. The van der Waals surface area contributed by atoms with Gasteiger partial charge in [-0.3, -0.25) is 0 Å². The van der Waals surface area contributed by atoms with Crippen molar-refractivity contribution >= 4 is 0 Å². The Labute approximate surface area is 50.9 Å². The van der Waals surface area contributed by atoms with Crippen molar-refractivity contribution in [1.82, 2.24) is 0 Å². The molecule has 0 aliphatic heterocycles. The van der Waals surface area contributed by atoms with E-state index in [4.69, 9.17) is 0 Å². The standard InChI is InChI=1S/C8H12/c1-7-5-3-4-6-8(7)2/h3-8H,1-2H3/t7-,8-/m0/s1. The molecule has 1 aliphatic rings. The van der Waals surface area contributed by atoms with E-state index < -0.39 is 0 Å². The molecule has 0 heteroatoms. The Morgan fingerprint density at radius 2 is 1.25 bits per heavy atom. The van der Waals surface area contributed by atoms with E-state index in [0.29, 0.717) is 0 Å². The highest BCUT2D eigenvalue weighted by atomic mass is 14.1. The molecular formula is C8H12. The molecule has 1 rings (SSSR count). The molecule has 0 fully saturated rings. The average Bonchev–Trinajstić information content (AvgIpc) is 1.77. The van der Waals surface area contributed by atoms with Crippen molar-refractivity contribution in [1.29, 1.82) is 0 Å².